The number of ketones is 2. The molecule has 87 heavy (non-hydrogen) atoms. The first-order chi connectivity index (χ1) is 43.0. The highest BCUT2D eigenvalue weighted by molar-refractivity contribution is 6.60. The van der Waals surface area contributed by atoms with E-state index in [1.165, 1.54) is 0 Å². The SMILES string of the molecule is O=C1C(c2ccccc2)=C(c2ccc(Oc3ccc(C4=C(c5ccccc5)C(=O)C(c5ccc(-c6ccccc6)cc5)=C4c4ccc(-c5ccccc5)cc4)cc3)cc2)C(c2ccc(-c3ccccc3)cc2)=C1c1ccc(C#Cc2ccccc2)cc1. The van der Waals surface area contributed by atoms with Gasteiger partial charge in [-0.05, 0) is 126 Å². The number of hydrogen-bond acceptors (Lipinski definition) is 3. The Morgan fingerprint density at radius 3 is 0.644 bits per heavy atom. The molecule has 2 aliphatic carbocycles. The van der Waals surface area contributed by atoms with E-state index in [4.69, 9.17) is 4.74 Å². The fraction of sp³-hybridized carbons (Fsp3) is 0. The lowest BCUT2D eigenvalue weighted by Crippen LogP contribution is -2.02. The quantitative estimate of drug-likeness (QED) is 0.108. The molecule has 0 saturated heterocycles. The Kier molecular flexibility index (Phi) is 14.6. The molecule has 0 spiro atoms. The summed E-state index contributed by atoms with van der Waals surface area (Å²) in [5, 5.41) is 0. The van der Waals surface area contributed by atoms with Gasteiger partial charge in [-0.15, -0.1) is 0 Å². The van der Waals surface area contributed by atoms with Gasteiger partial charge in [0.05, 0.1) is 0 Å². The van der Waals surface area contributed by atoms with Crippen molar-refractivity contribution in [3.05, 3.63) is 383 Å². The van der Waals surface area contributed by atoms with Crippen molar-refractivity contribution in [1.29, 1.82) is 0 Å². The summed E-state index contributed by atoms with van der Waals surface area (Å²) < 4.78 is 6.70. The largest absolute Gasteiger partial charge is 0.457 e. The fourth-order valence-corrected chi connectivity index (χ4v) is 12.0. The van der Waals surface area contributed by atoms with Gasteiger partial charge in [0.15, 0.2) is 11.6 Å². The topological polar surface area (TPSA) is 43.4 Å². The number of allylic oxidation sites excluding steroid dienone is 8. The summed E-state index contributed by atoms with van der Waals surface area (Å²) in [5.74, 6) is 7.76. The summed E-state index contributed by atoms with van der Waals surface area (Å²) >= 11 is 0. The van der Waals surface area contributed by atoms with Crippen LogP contribution >= 0.6 is 0 Å². The molecule has 0 unspecified atom stereocenters. The van der Waals surface area contributed by atoms with E-state index in [2.05, 4.69) is 133 Å². The van der Waals surface area contributed by atoms with Crippen molar-refractivity contribution >= 4 is 56.2 Å². The van der Waals surface area contributed by atoms with Crippen molar-refractivity contribution < 1.29 is 14.3 Å². The number of benzene rings is 12. The second kappa shape index (κ2) is 23.9. The monoisotopic (exact) mass is 1110 g/mol. The van der Waals surface area contributed by atoms with E-state index in [9.17, 15) is 0 Å². The molecular formula is C84H54O3. The lowest BCUT2D eigenvalue weighted by Gasteiger charge is -2.16. The molecular weight excluding hydrogens is 1060 g/mol. The van der Waals surface area contributed by atoms with Crippen molar-refractivity contribution in [2.45, 2.75) is 0 Å². The molecule has 0 radical (unpaired) electrons. The number of hydrogen-bond donors (Lipinski definition) is 0. The van der Waals surface area contributed by atoms with Gasteiger partial charge in [-0.3, -0.25) is 9.59 Å². The van der Waals surface area contributed by atoms with E-state index in [1.807, 2.05) is 206 Å². The zero-order valence-electron chi connectivity index (χ0n) is 47.4. The highest BCUT2D eigenvalue weighted by atomic mass is 16.5. The second-order valence-electron chi connectivity index (χ2n) is 21.6. The van der Waals surface area contributed by atoms with Crippen molar-refractivity contribution in [2.24, 2.45) is 0 Å². The Morgan fingerprint density at radius 2 is 0.356 bits per heavy atom. The van der Waals surface area contributed by atoms with Crippen LogP contribution in [0.2, 0.25) is 0 Å². The molecule has 0 fully saturated rings. The highest BCUT2D eigenvalue weighted by Crippen LogP contribution is 2.52. The Morgan fingerprint density at radius 1 is 0.172 bits per heavy atom. The fourth-order valence-electron chi connectivity index (χ4n) is 12.0. The van der Waals surface area contributed by atoms with Crippen molar-refractivity contribution in [1.82, 2.24) is 0 Å². The van der Waals surface area contributed by atoms with Crippen LogP contribution in [0.3, 0.4) is 0 Å². The molecule has 0 amide bonds. The van der Waals surface area contributed by atoms with Crippen LogP contribution in [0.5, 0.6) is 11.5 Å². The minimum Gasteiger partial charge on any atom is -0.457 e. The van der Waals surface area contributed by atoms with Crippen LogP contribution in [-0.2, 0) is 9.59 Å². The summed E-state index contributed by atoms with van der Waals surface area (Å²) in [6.45, 7) is 0. The van der Waals surface area contributed by atoms with Gasteiger partial charge in [-0.1, -0.05) is 291 Å². The average molecular weight is 1110 g/mol. The Hall–Kier alpha value is -11.7. The van der Waals surface area contributed by atoms with Gasteiger partial charge < -0.3 is 4.74 Å². The van der Waals surface area contributed by atoms with Gasteiger partial charge in [0.2, 0.25) is 0 Å². The first kappa shape index (κ1) is 53.3. The summed E-state index contributed by atoms with van der Waals surface area (Å²) in [5.41, 5.74) is 21.3. The number of Topliss-reactive ketones (excluding diaryl/α,β-unsaturated/α-hetero) is 2. The van der Waals surface area contributed by atoms with Crippen LogP contribution < -0.4 is 4.74 Å². The molecule has 3 nitrogen and oxygen atoms in total. The van der Waals surface area contributed by atoms with Gasteiger partial charge in [0.1, 0.15) is 11.5 Å². The maximum absolute atomic E-state index is 15.4. The van der Waals surface area contributed by atoms with Crippen LogP contribution in [0.25, 0.3) is 78.0 Å². The lowest BCUT2D eigenvalue weighted by molar-refractivity contribution is -0.109. The van der Waals surface area contributed by atoms with E-state index in [1.54, 1.807) is 0 Å². The van der Waals surface area contributed by atoms with Gasteiger partial charge in [0.25, 0.3) is 0 Å². The highest BCUT2D eigenvalue weighted by Gasteiger charge is 2.37. The predicted molar refractivity (Wildman–Crippen MR) is 358 cm³/mol. The van der Waals surface area contributed by atoms with Crippen LogP contribution in [0.4, 0.5) is 0 Å². The third-order valence-electron chi connectivity index (χ3n) is 16.2. The molecule has 12 aromatic carbocycles. The van der Waals surface area contributed by atoms with Crippen molar-refractivity contribution in [3.8, 4) is 56.7 Å². The van der Waals surface area contributed by atoms with Crippen molar-refractivity contribution in [2.75, 3.05) is 0 Å². The Balaban J connectivity index is 0.833. The molecule has 0 atom stereocenters. The van der Waals surface area contributed by atoms with Gasteiger partial charge in [0, 0.05) is 55.7 Å². The average Bonchev–Trinajstić information content (AvgIpc) is 1.97. The maximum atomic E-state index is 15.4. The summed E-state index contributed by atoms with van der Waals surface area (Å²) in [7, 11) is 0. The Labute approximate surface area is 507 Å². The minimum atomic E-state index is -0.0494. The number of carbonyl (C=O) groups is 2. The molecule has 2 aliphatic rings. The van der Waals surface area contributed by atoms with Gasteiger partial charge in [-0.25, -0.2) is 0 Å². The first-order valence-electron chi connectivity index (χ1n) is 29.2. The van der Waals surface area contributed by atoms with Gasteiger partial charge >= 0.3 is 0 Å². The third-order valence-corrected chi connectivity index (χ3v) is 16.2. The standard InChI is InChI=1S/C84H54O3/c85-83-79(65-27-15-5-16-28-65)77(75(67-43-37-62(38-44-67)59-21-9-2-10-22-59)81(83)71-35-33-58(34-36-71)32-31-57-19-7-1-8-20-57)69-49-53-73(54-50-69)87-74-55-51-70(52-56-74)78-76(68-45-39-63(40-46-68)60-23-11-3-12-24-60)82(84(86)80(78)66-29-17-6-18-30-66)72-47-41-64(42-48-72)61-25-13-4-14-26-61/h1-30,33-56H. The number of ether oxygens (including phenoxy) is 1. The van der Waals surface area contributed by atoms with Crippen LogP contribution in [0.15, 0.2) is 328 Å². The number of rotatable bonds is 13. The smallest absolute Gasteiger partial charge is 0.195 e. The molecule has 0 aromatic heterocycles. The van der Waals surface area contributed by atoms with Crippen LogP contribution in [0.1, 0.15) is 55.6 Å². The second-order valence-corrected chi connectivity index (χ2v) is 21.6. The molecule has 408 valence electrons. The Bertz CT molecular complexity index is 4700. The van der Waals surface area contributed by atoms with E-state index in [0.717, 1.165) is 111 Å². The normalized spacial score (nSPS) is 13.1. The molecule has 0 heterocycles. The van der Waals surface area contributed by atoms with Crippen molar-refractivity contribution in [3.63, 3.8) is 0 Å². The molecule has 0 N–H and O–H groups in total. The lowest BCUT2D eigenvalue weighted by atomic mass is 9.88. The van der Waals surface area contributed by atoms with E-state index >= 15 is 9.59 Å². The summed E-state index contributed by atoms with van der Waals surface area (Å²) in [4.78, 5) is 30.9. The van der Waals surface area contributed by atoms with E-state index < -0.39 is 0 Å². The summed E-state index contributed by atoms with van der Waals surface area (Å²) in [6, 6.07) is 110. The molecule has 14 rings (SSSR count). The van der Waals surface area contributed by atoms with E-state index in [-0.39, 0.29) is 11.6 Å². The molecule has 0 bridgehead atoms. The minimum absolute atomic E-state index is 0.0303. The molecule has 0 aliphatic heterocycles. The zero-order valence-corrected chi connectivity index (χ0v) is 47.4. The van der Waals surface area contributed by atoms with Crippen LogP contribution in [-0.4, -0.2) is 11.6 Å². The van der Waals surface area contributed by atoms with Gasteiger partial charge in [-0.2, -0.15) is 0 Å². The summed E-state index contributed by atoms with van der Waals surface area (Å²) in [6.07, 6.45) is 0. The molecule has 3 heteroatoms. The third kappa shape index (κ3) is 10.8. The molecule has 0 saturated carbocycles. The first-order valence-corrected chi connectivity index (χ1v) is 29.2. The van der Waals surface area contributed by atoms with E-state index in [0.29, 0.717) is 33.8 Å². The maximum Gasteiger partial charge on any atom is 0.195 e. The molecule has 12 aromatic rings. The zero-order chi connectivity index (χ0) is 58.5. The number of carbonyl (C=O) groups excluding carboxylic acids is 2. The predicted octanol–water partition coefficient (Wildman–Crippen LogP) is 20.1. The van der Waals surface area contributed by atoms with Crippen LogP contribution in [0, 0.1) is 11.8 Å².